The van der Waals surface area contributed by atoms with Gasteiger partial charge < -0.3 is 15.4 Å². The highest BCUT2D eigenvalue weighted by Gasteiger charge is 2.22. The molecule has 9 heteroatoms. The van der Waals surface area contributed by atoms with Crippen molar-refractivity contribution in [3.05, 3.63) is 43.8 Å². The zero-order chi connectivity index (χ0) is 23.5. The second-order valence-electron chi connectivity index (χ2n) is 8.46. The fourth-order valence-corrected chi connectivity index (χ4v) is 4.03. The van der Waals surface area contributed by atoms with Crippen LogP contribution >= 0.6 is 11.3 Å². The SMILES string of the molecule is CCn1c(=O)/c(=C\Nc2cccc(NC(=O)C(C)(C)C)c2)s/c1=C(/C#N)C1=NCC(C)O1. The molecule has 2 N–H and O–H groups in total. The van der Waals surface area contributed by atoms with Gasteiger partial charge >= 0.3 is 0 Å². The molecule has 0 bridgehead atoms. The number of anilines is 2. The average molecular weight is 454 g/mol. The van der Waals surface area contributed by atoms with Crippen LogP contribution in [0.2, 0.25) is 0 Å². The van der Waals surface area contributed by atoms with Crippen molar-refractivity contribution in [1.29, 1.82) is 5.26 Å². The Morgan fingerprint density at radius 3 is 2.72 bits per heavy atom. The summed E-state index contributed by atoms with van der Waals surface area (Å²) in [5.41, 5.74) is 0.943. The third-order valence-electron chi connectivity index (χ3n) is 4.74. The molecule has 8 nitrogen and oxygen atoms in total. The molecule has 2 heterocycles. The number of nitriles is 1. The molecule has 1 aromatic heterocycles. The van der Waals surface area contributed by atoms with Crippen LogP contribution in [-0.2, 0) is 16.1 Å². The predicted octanol–water partition coefficient (Wildman–Crippen LogP) is 2.26. The summed E-state index contributed by atoms with van der Waals surface area (Å²) in [6.07, 6.45) is 1.52. The first-order valence-corrected chi connectivity index (χ1v) is 11.2. The molecule has 0 radical (unpaired) electrons. The minimum absolute atomic E-state index is 0.0849. The number of nitrogens with zero attached hydrogens (tertiary/aromatic N) is 3. The van der Waals surface area contributed by atoms with Crippen molar-refractivity contribution < 1.29 is 9.53 Å². The van der Waals surface area contributed by atoms with Crippen LogP contribution in [0.5, 0.6) is 0 Å². The van der Waals surface area contributed by atoms with E-state index in [9.17, 15) is 14.9 Å². The van der Waals surface area contributed by atoms with E-state index in [-0.39, 0.29) is 29.0 Å². The fraction of sp³-hybridized carbons (Fsp3) is 0.391. The molecule has 0 aliphatic carbocycles. The summed E-state index contributed by atoms with van der Waals surface area (Å²) in [7, 11) is 0. The number of nitrogens with one attached hydrogen (secondary N) is 2. The molecule has 1 atom stereocenters. The van der Waals surface area contributed by atoms with Crippen molar-refractivity contribution in [2.45, 2.75) is 47.3 Å². The van der Waals surface area contributed by atoms with Crippen LogP contribution in [0.15, 0.2) is 34.1 Å². The molecule has 0 saturated carbocycles. The van der Waals surface area contributed by atoms with Crippen molar-refractivity contribution in [1.82, 2.24) is 4.57 Å². The Bertz CT molecular complexity index is 1270. The fourth-order valence-electron chi connectivity index (χ4n) is 2.95. The monoisotopic (exact) mass is 453 g/mol. The van der Waals surface area contributed by atoms with Gasteiger partial charge in [0.25, 0.3) is 5.56 Å². The van der Waals surface area contributed by atoms with E-state index in [4.69, 9.17) is 4.74 Å². The van der Waals surface area contributed by atoms with Gasteiger partial charge in [-0.2, -0.15) is 5.26 Å². The lowest BCUT2D eigenvalue weighted by atomic mass is 9.95. The van der Waals surface area contributed by atoms with E-state index in [0.29, 0.717) is 28.0 Å². The third-order valence-corrected chi connectivity index (χ3v) is 5.87. The van der Waals surface area contributed by atoms with Gasteiger partial charge in [-0.15, -0.1) is 11.3 Å². The lowest BCUT2D eigenvalue weighted by Gasteiger charge is -2.18. The summed E-state index contributed by atoms with van der Waals surface area (Å²) in [4.78, 5) is 29.4. The number of aromatic nitrogens is 1. The molecule has 0 fully saturated rings. The van der Waals surface area contributed by atoms with Crippen LogP contribution in [0.25, 0.3) is 11.8 Å². The van der Waals surface area contributed by atoms with Crippen LogP contribution < -0.4 is 25.4 Å². The Labute approximate surface area is 190 Å². The van der Waals surface area contributed by atoms with Crippen molar-refractivity contribution in [3.63, 3.8) is 0 Å². The van der Waals surface area contributed by atoms with Crippen LogP contribution in [-0.4, -0.2) is 29.0 Å². The van der Waals surface area contributed by atoms with Gasteiger partial charge in [-0.3, -0.25) is 14.2 Å². The zero-order valence-corrected chi connectivity index (χ0v) is 19.7. The van der Waals surface area contributed by atoms with Gasteiger partial charge in [0.2, 0.25) is 11.8 Å². The van der Waals surface area contributed by atoms with E-state index in [1.54, 1.807) is 22.9 Å². The molecule has 3 rings (SSSR count). The second kappa shape index (κ2) is 9.40. The van der Waals surface area contributed by atoms with Crippen LogP contribution in [0.3, 0.4) is 0 Å². The average Bonchev–Trinajstić information content (AvgIpc) is 3.30. The van der Waals surface area contributed by atoms with Crippen LogP contribution in [0, 0.1) is 16.7 Å². The van der Waals surface area contributed by atoms with E-state index in [1.807, 2.05) is 46.8 Å². The zero-order valence-electron chi connectivity index (χ0n) is 18.9. The Morgan fingerprint density at radius 1 is 1.41 bits per heavy atom. The van der Waals surface area contributed by atoms with Gasteiger partial charge in [-0.05, 0) is 32.0 Å². The van der Waals surface area contributed by atoms with Crippen molar-refractivity contribution in [2.24, 2.45) is 10.4 Å². The van der Waals surface area contributed by atoms with Gasteiger partial charge in [0.1, 0.15) is 26.9 Å². The Kier molecular flexibility index (Phi) is 6.84. The Balaban J connectivity index is 1.95. The van der Waals surface area contributed by atoms with Crippen LogP contribution in [0.1, 0.15) is 34.6 Å². The molecule has 0 saturated heterocycles. The molecule has 2 aromatic rings. The second-order valence-corrected chi connectivity index (χ2v) is 9.49. The summed E-state index contributed by atoms with van der Waals surface area (Å²) >= 11 is 1.21. The molecule has 0 spiro atoms. The number of aliphatic imine (C=N–C) groups is 1. The lowest BCUT2D eigenvalue weighted by molar-refractivity contribution is -0.123. The molecular weight excluding hydrogens is 426 g/mol. The first-order valence-electron chi connectivity index (χ1n) is 10.4. The highest BCUT2D eigenvalue weighted by atomic mass is 32.1. The van der Waals surface area contributed by atoms with Gasteiger partial charge in [0, 0.05) is 29.5 Å². The highest BCUT2D eigenvalue weighted by molar-refractivity contribution is 7.07. The molecular formula is C23H27N5O3S. The van der Waals surface area contributed by atoms with Crippen molar-refractivity contribution in [3.8, 4) is 6.07 Å². The lowest BCUT2D eigenvalue weighted by Crippen LogP contribution is -2.32. The molecule has 1 aliphatic heterocycles. The maximum atomic E-state index is 12.9. The number of amides is 1. The van der Waals surface area contributed by atoms with Gasteiger partial charge in [0.15, 0.2) is 0 Å². The van der Waals surface area contributed by atoms with E-state index in [0.717, 1.165) is 5.69 Å². The molecule has 1 aliphatic rings. The maximum Gasteiger partial charge on any atom is 0.270 e. The van der Waals surface area contributed by atoms with E-state index in [2.05, 4.69) is 21.7 Å². The van der Waals surface area contributed by atoms with Crippen molar-refractivity contribution >= 4 is 46.3 Å². The minimum Gasteiger partial charge on any atom is -0.472 e. The number of carbonyl (C=O) groups excluding carboxylic acids is 1. The number of thiazole rings is 1. The normalized spacial score (nSPS) is 17.3. The number of rotatable bonds is 5. The largest absolute Gasteiger partial charge is 0.472 e. The number of ether oxygens (including phenoxy) is 1. The van der Waals surface area contributed by atoms with E-state index < -0.39 is 5.41 Å². The number of hydrogen-bond donors (Lipinski definition) is 2. The Hall–Kier alpha value is -3.38. The van der Waals surface area contributed by atoms with Gasteiger partial charge in [0.05, 0.1) is 6.54 Å². The summed E-state index contributed by atoms with van der Waals surface area (Å²) in [6.45, 7) is 10.2. The minimum atomic E-state index is -0.506. The standard InChI is InChI=1S/C23H27N5O3S/c1-6-28-20(29)18(32-21(28)17(11-24)19-26-12-14(2)31-19)13-25-15-8-7-9-16(10-15)27-22(30)23(3,4)5/h7-10,13-14,25H,6,12H2,1-5H3,(H,27,30)/b18-13+,21-17-. The van der Waals surface area contributed by atoms with E-state index in [1.165, 1.54) is 11.3 Å². The molecule has 1 aromatic carbocycles. The van der Waals surface area contributed by atoms with Crippen molar-refractivity contribution in [2.75, 3.05) is 17.2 Å². The summed E-state index contributed by atoms with van der Waals surface area (Å²) < 4.78 is 8.15. The summed E-state index contributed by atoms with van der Waals surface area (Å²) in [6, 6.07) is 9.40. The predicted molar refractivity (Wildman–Crippen MR) is 128 cm³/mol. The number of hydrogen-bond acceptors (Lipinski definition) is 7. The van der Waals surface area contributed by atoms with E-state index >= 15 is 0 Å². The summed E-state index contributed by atoms with van der Waals surface area (Å²) in [5.74, 6) is 0.198. The third kappa shape index (κ3) is 5.08. The molecule has 1 amide bonds. The molecule has 32 heavy (non-hydrogen) atoms. The van der Waals surface area contributed by atoms with Gasteiger partial charge in [-0.1, -0.05) is 26.8 Å². The Morgan fingerprint density at radius 2 is 2.12 bits per heavy atom. The number of carbonyl (C=O) groups is 1. The molecule has 1 unspecified atom stereocenters. The first-order chi connectivity index (χ1) is 15.1. The van der Waals surface area contributed by atoms with Gasteiger partial charge in [-0.25, -0.2) is 4.99 Å². The quantitative estimate of drug-likeness (QED) is 0.722. The first kappa shape index (κ1) is 23.3. The maximum absolute atomic E-state index is 12.9. The van der Waals surface area contributed by atoms with Crippen LogP contribution in [0.4, 0.5) is 11.4 Å². The highest BCUT2D eigenvalue weighted by Crippen LogP contribution is 2.20. The summed E-state index contributed by atoms with van der Waals surface area (Å²) in [5, 5.41) is 15.7. The topological polar surface area (TPSA) is 109 Å². The smallest absolute Gasteiger partial charge is 0.270 e. The number of benzene rings is 1. The molecule has 168 valence electrons.